The number of halogens is 3. The van der Waals surface area contributed by atoms with Gasteiger partial charge in [0.05, 0.1) is 34.5 Å². The molecule has 0 unspecified atom stereocenters. The molecule has 4 aromatic carbocycles. The summed E-state index contributed by atoms with van der Waals surface area (Å²) >= 11 is 0. The number of amides is 1. The standard InChI is InChI=1S/C36H32F3N7O/c1-40-35(47)21-14-29-22-34(27-6-4-24(5-7-27)25-8-12-28(13-9-25)36(37,38)39)46(42-29)32-19-17-31(18-20-32)45-23-33(41-43-45)26-10-15-30(16-11-26)44(2)3/h4-13,15-20,22-23H,14,21H2,1-3H3,(H,40,47). The Morgan fingerprint density at radius 3 is 1.96 bits per heavy atom. The van der Waals surface area contributed by atoms with E-state index < -0.39 is 11.7 Å². The van der Waals surface area contributed by atoms with Crippen molar-refractivity contribution in [3.8, 4) is 45.0 Å². The van der Waals surface area contributed by atoms with E-state index in [2.05, 4.69) is 15.6 Å². The maximum Gasteiger partial charge on any atom is 0.416 e. The third kappa shape index (κ3) is 6.94. The summed E-state index contributed by atoms with van der Waals surface area (Å²) in [6.45, 7) is 0. The second-order valence-electron chi connectivity index (χ2n) is 11.3. The Bertz CT molecular complexity index is 1980. The SMILES string of the molecule is CNC(=O)CCc1cc(-c2ccc(-c3ccc(C(F)(F)F)cc3)cc2)n(-c2ccc(-n3cc(-c4ccc(N(C)C)cc4)nn3)cc2)n1. The summed E-state index contributed by atoms with van der Waals surface area (Å²) in [7, 11) is 5.59. The zero-order chi connectivity index (χ0) is 33.1. The van der Waals surface area contributed by atoms with Crippen molar-refractivity contribution in [2.75, 3.05) is 26.0 Å². The predicted octanol–water partition coefficient (Wildman–Crippen LogP) is 7.22. The first-order valence-electron chi connectivity index (χ1n) is 15.0. The molecule has 6 aromatic rings. The van der Waals surface area contributed by atoms with Crippen molar-refractivity contribution in [1.29, 1.82) is 0 Å². The third-order valence-electron chi connectivity index (χ3n) is 7.90. The lowest BCUT2D eigenvalue weighted by Gasteiger charge is -2.11. The first-order chi connectivity index (χ1) is 22.6. The normalized spacial score (nSPS) is 11.4. The van der Waals surface area contributed by atoms with Crippen molar-refractivity contribution in [2.24, 2.45) is 0 Å². The smallest absolute Gasteiger partial charge is 0.378 e. The highest BCUT2D eigenvalue weighted by molar-refractivity contribution is 5.76. The van der Waals surface area contributed by atoms with Crippen LogP contribution in [0.2, 0.25) is 0 Å². The number of alkyl halides is 3. The van der Waals surface area contributed by atoms with E-state index in [0.29, 0.717) is 18.4 Å². The number of anilines is 1. The molecular weight excluding hydrogens is 603 g/mol. The number of nitrogens with one attached hydrogen (secondary N) is 1. The average Bonchev–Trinajstić information content (AvgIpc) is 3.76. The number of carbonyl (C=O) groups excluding carboxylic acids is 1. The van der Waals surface area contributed by atoms with E-state index in [1.54, 1.807) is 11.7 Å². The monoisotopic (exact) mass is 635 g/mol. The van der Waals surface area contributed by atoms with E-state index >= 15 is 0 Å². The molecule has 0 aliphatic rings. The van der Waals surface area contributed by atoms with Gasteiger partial charge < -0.3 is 10.2 Å². The first-order valence-corrected chi connectivity index (χ1v) is 15.0. The van der Waals surface area contributed by atoms with Gasteiger partial charge in [0, 0.05) is 50.8 Å². The predicted molar refractivity (Wildman–Crippen MR) is 177 cm³/mol. The van der Waals surface area contributed by atoms with Crippen LogP contribution in [0.4, 0.5) is 18.9 Å². The molecule has 0 radical (unpaired) electrons. The van der Waals surface area contributed by atoms with Gasteiger partial charge in [-0.05, 0) is 65.7 Å². The van der Waals surface area contributed by atoms with Gasteiger partial charge in [0.15, 0.2) is 0 Å². The van der Waals surface area contributed by atoms with E-state index in [9.17, 15) is 18.0 Å². The number of carbonyl (C=O) groups is 1. The summed E-state index contributed by atoms with van der Waals surface area (Å²) in [5.74, 6) is -0.0767. The molecule has 6 rings (SSSR count). The van der Waals surface area contributed by atoms with Crippen LogP contribution < -0.4 is 10.2 Å². The zero-order valence-electron chi connectivity index (χ0n) is 26.0. The van der Waals surface area contributed by atoms with Crippen LogP contribution >= 0.6 is 0 Å². The molecule has 1 N–H and O–H groups in total. The number of aromatic nitrogens is 5. The summed E-state index contributed by atoms with van der Waals surface area (Å²) in [5.41, 5.74) is 7.67. The van der Waals surface area contributed by atoms with Gasteiger partial charge in [-0.15, -0.1) is 5.10 Å². The number of nitrogens with zero attached hydrogens (tertiary/aromatic N) is 6. The molecule has 0 fully saturated rings. The molecule has 0 aliphatic carbocycles. The van der Waals surface area contributed by atoms with Crippen molar-refractivity contribution in [2.45, 2.75) is 19.0 Å². The Kier molecular flexibility index (Phi) is 8.62. The molecule has 0 saturated heterocycles. The molecule has 0 aliphatic heterocycles. The van der Waals surface area contributed by atoms with Crippen LogP contribution in [0.25, 0.3) is 45.0 Å². The molecule has 47 heavy (non-hydrogen) atoms. The molecule has 11 heteroatoms. The minimum Gasteiger partial charge on any atom is -0.378 e. The van der Waals surface area contributed by atoms with E-state index in [-0.39, 0.29) is 5.91 Å². The summed E-state index contributed by atoms with van der Waals surface area (Å²) in [6.07, 6.45) is -1.75. The second kappa shape index (κ2) is 13.0. The molecular formula is C36H32F3N7O. The number of hydrogen-bond acceptors (Lipinski definition) is 5. The third-order valence-corrected chi connectivity index (χ3v) is 7.90. The van der Waals surface area contributed by atoms with Crippen LogP contribution in [0.5, 0.6) is 0 Å². The van der Waals surface area contributed by atoms with Gasteiger partial charge in [-0.2, -0.15) is 18.3 Å². The Labute approximate surface area is 270 Å². The molecule has 2 aromatic heterocycles. The van der Waals surface area contributed by atoms with E-state index in [1.165, 1.54) is 12.1 Å². The highest BCUT2D eigenvalue weighted by Gasteiger charge is 2.30. The lowest BCUT2D eigenvalue weighted by molar-refractivity contribution is -0.137. The molecule has 8 nitrogen and oxygen atoms in total. The highest BCUT2D eigenvalue weighted by atomic mass is 19.4. The number of aryl methyl sites for hydroxylation is 1. The van der Waals surface area contributed by atoms with Crippen molar-refractivity contribution < 1.29 is 18.0 Å². The minimum absolute atomic E-state index is 0.0767. The topological polar surface area (TPSA) is 80.9 Å². The number of benzene rings is 4. The highest BCUT2D eigenvalue weighted by Crippen LogP contribution is 2.32. The van der Waals surface area contributed by atoms with Gasteiger partial charge in [-0.1, -0.05) is 53.7 Å². The molecule has 0 spiro atoms. The van der Waals surface area contributed by atoms with E-state index in [1.807, 2.05) is 109 Å². The largest absolute Gasteiger partial charge is 0.416 e. The van der Waals surface area contributed by atoms with Crippen LogP contribution in [0.3, 0.4) is 0 Å². The summed E-state index contributed by atoms with van der Waals surface area (Å²) < 4.78 is 42.6. The summed E-state index contributed by atoms with van der Waals surface area (Å²) in [4.78, 5) is 14.0. The van der Waals surface area contributed by atoms with Crippen LogP contribution in [0.1, 0.15) is 17.7 Å². The average molecular weight is 636 g/mol. The van der Waals surface area contributed by atoms with Crippen molar-refractivity contribution in [3.63, 3.8) is 0 Å². The Morgan fingerprint density at radius 1 is 0.787 bits per heavy atom. The van der Waals surface area contributed by atoms with Crippen molar-refractivity contribution >= 4 is 11.6 Å². The number of hydrogen-bond donors (Lipinski definition) is 1. The Balaban J connectivity index is 1.27. The Morgan fingerprint density at radius 2 is 1.36 bits per heavy atom. The van der Waals surface area contributed by atoms with Crippen LogP contribution in [0, 0.1) is 0 Å². The van der Waals surface area contributed by atoms with Gasteiger partial charge in [-0.3, -0.25) is 4.79 Å². The van der Waals surface area contributed by atoms with Crippen molar-refractivity contribution in [1.82, 2.24) is 30.1 Å². The van der Waals surface area contributed by atoms with Gasteiger partial charge in [0.25, 0.3) is 0 Å². The molecule has 0 atom stereocenters. The quantitative estimate of drug-likeness (QED) is 0.182. The first kappa shape index (κ1) is 31.3. The van der Waals surface area contributed by atoms with Gasteiger partial charge >= 0.3 is 6.18 Å². The maximum atomic E-state index is 13.0. The fourth-order valence-electron chi connectivity index (χ4n) is 5.21. The molecule has 0 bridgehead atoms. The van der Waals surface area contributed by atoms with Gasteiger partial charge in [0.2, 0.25) is 5.91 Å². The van der Waals surface area contributed by atoms with E-state index in [0.717, 1.165) is 63.0 Å². The number of rotatable bonds is 9. The molecule has 0 saturated carbocycles. The second-order valence-corrected chi connectivity index (χ2v) is 11.3. The van der Waals surface area contributed by atoms with E-state index in [4.69, 9.17) is 5.10 Å². The van der Waals surface area contributed by atoms with Gasteiger partial charge in [0.1, 0.15) is 5.69 Å². The van der Waals surface area contributed by atoms with Crippen LogP contribution in [-0.2, 0) is 17.4 Å². The fourth-order valence-corrected chi connectivity index (χ4v) is 5.21. The minimum atomic E-state index is -4.38. The molecule has 2 heterocycles. The van der Waals surface area contributed by atoms with Crippen LogP contribution in [0.15, 0.2) is 109 Å². The maximum absolute atomic E-state index is 13.0. The molecule has 238 valence electrons. The lowest BCUT2D eigenvalue weighted by Crippen LogP contribution is -2.18. The fraction of sp³-hybridized carbons (Fsp3) is 0.167. The Hall–Kier alpha value is -5.71. The summed E-state index contributed by atoms with van der Waals surface area (Å²) in [6, 6.07) is 30.5. The lowest BCUT2D eigenvalue weighted by atomic mass is 10.0. The summed E-state index contributed by atoms with van der Waals surface area (Å²) in [5, 5.41) is 16.2. The zero-order valence-corrected chi connectivity index (χ0v) is 26.0. The van der Waals surface area contributed by atoms with Gasteiger partial charge in [-0.25, -0.2) is 9.36 Å². The van der Waals surface area contributed by atoms with Crippen molar-refractivity contribution in [3.05, 3.63) is 121 Å². The van der Waals surface area contributed by atoms with Crippen LogP contribution in [-0.4, -0.2) is 51.8 Å². The molecule has 1 amide bonds.